The van der Waals surface area contributed by atoms with Gasteiger partial charge in [0.05, 0.1) is 22.8 Å². The van der Waals surface area contributed by atoms with Crippen molar-refractivity contribution in [3.63, 3.8) is 0 Å². The lowest BCUT2D eigenvalue weighted by atomic mass is 10.2. The first-order valence-corrected chi connectivity index (χ1v) is 8.59. The molecule has 0 saturated heterocycles. The number of rotatable bonds is 9. The van der Waals surface area contributed by atoms with Gasteiger partial charge in [-0.1, -0.05) is 0 Å². The summed E-state index contributed by atoms with van der Waals surface area (Å²) in [4.78, 5) is 34.2. The van der Waals surface area contributed by atoms with E-state index in [-0.39, 0.29) is 12.3 Å². The number of likely N-dealkylation sites (N-methyl/N-ethyl adjacent to an activating group) is 1. The van der Waals surface area contributed by atoms with Crippen molar-refractivity contribution < 1.29 is 19.2 Å². The van der Waals surface area contributed by atoms with Crippen LogP contribution in [0.3, 0.4) is 0 Å². The summed E-state index contributed by atoms with van der Waals surface area (Å²) in [6.45, 7) is 4.41. The molecular weight excluding hydrogens is 364 g/mol. The Balaban J connectivity index is 1.96. The minimum Gasteiger partial charge on any atom is -0.458 e. The number of esters is 1. The van der Waals surface area contributed by atoms with Gasteiger partial charge in [-0.15, -0.1) is 0 Å². The average molecular weight is 384 g/mol. The number of carbonyl (C=O) groups is 2. The van der Waals surface area contributed by atoms with Crippen molar-refractivity contribution in [1.82, 2.24) is 0 Å². The van der Waals surface area contributed by atoms with Crippen LogP contribution in [0.4, 0.5) is 22.7 Å². The van der Waals surface area contributed by atoms with Crippen LogP contribution in [0.1, 0.15) is 13.8 Å². The number of nitro benzene ring substituents is 1. The Hall–Kier alpha value is -3.62. The van der Waals surface area contributed by atoms with E-state index < -0.39 is 16.7 Å². The van der Waals surface area contributed by atoms with Gasteiger partial charge >= 0.3 is 5.97 Å². The Morgan fingerprint density at radius 3 is 2.04 bits per heavy atom. The zero-order valence-electron chi connectivity index (χ0n) is 15.6. The Morgan fingerprint density at radius 2 is 1.57 bits per heavy atom. The predicted octanol–water partition coefficient (Wildman–Crippen LogP) is 3.97. The summed E-state index contributed by atoms with van der Waals surface area (Å²) >= 11 is 0. The molecule has 28 heavy (non-hydrogen) atoms. The van der Waals surface area contributed by atoms with Gasteiger partial charge < -0.3 is 9.64 Å². The molecule has 0 amide bonds. The summed E-state index contributed by atoms with van der Waals surface area (Å²) in [5, 5.41) is 18.8. The zero-order chi connectivity index (χ0) is 20.5. The summed E-state index contributed by atoms with van der Waals surface area (Å²) in [5.41, 5.74) is 2.05. The summed E-state index contributed by atoms with van der Waals surface area (Å²) in [6.07, 6.45) is 0. The number of non-ortho nitro benzene ring substituents is 1. The maximum atomic E-state index is 11.2. The van der Waals surface area contributed by atoms with Crippen molar-refractivity contribution in [3.05, 3.63) is 58.6 Å². The van der Waals surface area contributed by atoms with Crippen LogP contribution in [-0.4, -0.2) is 36.4 Å². The molecule has 0 aliphatic carbocycles. The van der Waals surface area contributed by atoms with Crippen molar-refractivity contribution >= 4 is 34.5 Å². The minimum absolute atomic E-state index is 0.00283. The van der Waals surface area contributed by atoms with Crippen LogP contribution in [0, 0.1) is 10.1 Å². The first kappa shape index (κ1) is 20.7. The number of hydrogen-bond acceptors (Lipinski definition) is 8. The second-order valence-corrected chi connectivity index (χ2v) is 5.76. The Kier molecular flexibility index (Phi) is 7.32. The fraction of sp³-hybridized carbons (Fsp3) is 0.263. The van der Waals surface area contributed by atoms with E-state index in [0.29, 0.717) is 24.5 Å². The van der Waals surface area contributed by atoms with Gasteiger partial charge in [-0.2, -0.15) is 10.2 Å². The van der Waals surface area contributed by atoms with Crippen LogP contribution in [0.25, 0.3) is 0 Å². The van der Waals surface area contributed by atoms with Gasteiger partial charge in [0.2, 0.25) is 5.78 Å². The van der Waals surface area contributed by atoms with E-state index in [0.717, 1.165) is 5.69 Å². The van der Waals surface area contributed by atoms with Crippen molar-refractivity contribution in [2.24, 2.45) is 10.2 Å². The third kappa shape index (κ3) is 5.97. The standard InChI is InChI=1S/C19H20N4O5/c1-3-22(12-13-28-19(25)14(2)24)17-8-4-15(5-9-17)20-21-16-6-10-18(11-7-16)23(26)27/h4-11H,3,12-13H2,1-2H3. The molecule has 2 rings (SSSR count). The highest BCUT2D eigenvalue weighted by Gasteiger charge is 2.10. The molecule has 0 aliphatic heterocycles. The van der Waals surface area contributed by atoms with E-state index in [9.17, 15) is 19.7 Å². The van der Waals surface area contributed by atoms with Crippen molar-refractivity contribution in [1.29, 1.82) is 0 Å². The summed E-state index contributed by atoms with van der Waals surface area (Å²) < 4.78 is 4.89. The Morgan fingerprint density at radius 1 is 1.04 bits per heavy atom. The average Bonchev–Trinajstić information content (AvgIpc) is 2.70. The number of benzene rings is 2. The molecule has 0 radical (unpaired) electrons. The minimum atomic E-state index is -0.835. The van der Waals surface area contributed by atoms with E-state index >= 15 is 0 Å². The molecule has 0 unspecified atom stereocenters. The lowest BCUT2D eigenvalue weighted by molar-refractivity contribution is -0.384. The molecule has 0 saturated carbocycles. The second kappa shape index (κ2) is 9.91. The van der Waals surface area contributed by atoms with Crippen LogP contribution >= 0.6 is 0 Å². The molecule has 146 valence electrons. The Bertz CT molecular complexity index is 863. The number of anilines is 1. The number of ether oxygens (including phenoxy) is 1. The first-order chi connectivity index (χ1) is 13.4. The summed E-state index contributed by atoms with van der Waals surface area (Å²) in [7, 11) is 0. The van der Waals surface area contributed by atoms with Crippen LogP contribution in [0.2, 0.25) is 0 Å². The summed E-state index contributed by atoms with van der Waals surface area (Å²) in [5.74, 6) is -1.45. The molecule has 0 fully saturated rings. The van der Waals surface area contributed by atoms with Crippen LogP contribution < -0.4 is 4.90 Å². The van der Waals surface area contributed by atoms with E-state index in [2.05, 4.69) is 10.2 Å². The molecule has 0 spiro atoms. The van der Waals surface area contributed by atoms with Gasteiger partial charge in [0.25, 0.3) is 5.69 Å². The second-order valence-electron chi connectivity index (χ2n) is 5.76. The third-order valence-electron chi connectivity index (χ3n) is 3.82. The van der Waals surface area contributed by atoms with Gasteiger partial charge in [0.1, 0.15) is 6.61 Å². The number of ketones is 1. The number of hydrogen-bond donors (Lipinski definition) is 0. The lowest BCUT2D eigenvalue weighted by Gasteiger charge is -2.22. The molecule has 0 heterocycles. The fourth-order valence-electron chi connectivity index (χ4n) is 2.31. The van der Waals surface area contributed by atoms with Gasteiger partial charge in [-0.05, 0) is 43.3 Å². The largest absolute Gasteiger partial charge is 0.458 e. The molecular formula is C19H20N4O5. The quantitative estimate of drug-likeness (QED) is 0.212. The molecule has 9 heteroatoms. The van der Waals surface area contributed by atoms with Crippen LogP contribution in [0.15, 0.2) is 58.8 Å². The highest BCUT2D eigenvalue weighted by Crippen LogP contribution is 2.23. The molecule has 2 aromatic rings. The SMILES string of the molecule is CCN(CCOC(=O)C(C)=O)c1ccc(N=Nc2ccc([N+](=O)[O-])cc2)cc1. The number of Topliss-reactive ketones (excluding diaryl/α,β-unsaturated/α-hetero) is 1. The highest BCUT2D eigenvalue weighted by atomic mass is 16.6. The lowest BCUT2D eigenvalue weighted by Crippen LogP contribution is -2.28. The topological polar surface area (TPSA) is 114 Å². The van der Waals surface area contributed by atoms with Crippen molar-refractivity contribution in [2.75, 3.05) is 24.6 Å². The third-order valence-corrected chi connectivity index (χ3v) is 3.82. The van der Waals surface area contributed by atoms with Crippen molar-refractivity contribution in [3.8, 4) is 0 Å². The Labute approximate surface area is 161 Å². The number of nitro groups is 1. The molecule has 0 N–H and O–H groups in total. The fourth-order valence-corrected chi connectivity index (χ4v) is 2.31. The summed E-state index contributed by atoms with van der Waals surface area (Å²) in [6, 6.07) is 13.1. The number of azo groups is 1. The maximum Gasteiger partial charge on any atom is 0.374 e. The van der Waals surface area contributed by atoms with E-state index in [1.54, 1.807) is 12.1 Å². The molecule has 2 aromatic carbocycles. The van der Waals surface area contributed by atoms with E-state index in [1.165, 1.54) is 31.2 Å². The van der Waals surface area contributed by atoms with E-state index in [4.69, 9.17) is 4.74 Å². The van der Waals surface area contributed by atoms with Gasteiger partial charge in [-0.3, -0.25) is 14.9 Å². The molecule has 0 aromatic heterocycles. The van der Waals surface area contributed by atoms with Gasteiger partial charge in [0.15, 0.2) is 0 Å². The monoisotopic (exact) mass is 384 g/mol. The molecule has 0 bridgehead atoms. The zero-order valence-corrected chi connectivity index (χ0v) is 15.6. The predicted molar refractivity (Wildman–Crippen MR) is 103 cm³/mol. The first-order valence-electron chi connectivity index (χ1n) is 8.59. The normalized spacial score (nSPS) is 10.6. The highest BCUT2D eigenvalue weighted by molar-refractivity contribution is 6.32. The molecule has 9 nitrogen and oxygen atoms in total. The van der Waals surface area contributed by atoms with Crippen LogP contribution in [-0.2, 0) is 14.3 Å². The molecule has 0 atom stereocenters. The molecule has 0 aliphatic rings. The smallest absolute Gasteiger partial charge is 0.374 e. The number of nitrogens with zero attached hydrogens (tertiary/aromatic N) is 4. The van der Waals surface area contributed by atoms with Gasteiger partial charge in [-0.25, -0.2) is 4.79 Å². The van der Waals surface area contributed by atoms with Crippen LogP contribution in [0.5, 0.6) is 0 Å². The van der Waals surface area contributed by atoms with Gasteiger partial charge in [0, 0.05) is 31.3 Å². The van der Waals surface area contributed by atoms with E-state index in [1.807, 2.05) is 24.0 Å². The van der Waals surface area contributed by atoms with Crippen molar-refractivity contribution in [2.45, 2.75) is 13.8 Å². The number of carbonyl (C=O) groups excluding carboxylic acids is 2. The maximum absolute atomic E-state index is 11.2.